The summed E-state index contributed by atoms with van der Waals surface area (Å²) < 4.78 is 4.87. The number of nitrogens with zero attached hydrogens (tertiary/aromatic N) is 1. The number of nitrogens with one attached hydrogen (secondary N) is 1. The molecule has 0 spiro atoms. The second-order valence-corrected chi connectivity index (χ2v) is 2.63. The van der Waals surface area contributed by atoms with Gasteiger partial charge in [-0.1, -0.05) is 0 Å². The van der Waals surface area contributed by atoms with Gasteiger partial charge in [-0.2, -0.15) is 0 Å². The summed E-state index contributed by atoms with van der Waals surface area (Å²) in [6.45, 7) is 0.820. The molecule has 0 aliphatic heterocycles. The largest absolute Gasteiger partial charge is 0.384 e. The Labute approximate surface area is 75.9 Å². The monoisotopic (exact) mass is 183 g/mol. The number of aromatic nitrogens is 2. The van der Waals surface area contributed by atoms with Crippen molar-refractivity contribution in [1.29, 1.82) is 0 Å². The Balaban J connectivity index is 2.82. The van der Waals surface area contributed by atoms with Crippen molar-refractivity contribution in [2.24, 2.45) is 5.73 Å². The molecule has 1 aromatic heterocycles. The average molecular weight is 183 g/mol. The van der Waals surface area contributed by atoms with Crippen LogP contribution in [0.1, 0.15) is 11.5 Å². The molecule has 1 aromatic rings. The van der Waals surface area contributed by atoms with E-state index < -0.39 is 0 Å². The lowest BCUT2D eigenvalue weighted by Gasteiger charge is -2.01. The van der Waals surface area contributed by atoms with Crippen LogP contribution in [0.4, 0.5) is 0 Å². The Morgan fingerprint density at radius 1 is 1.69 bits per heavy atom. The van der Waals surface area contributed by atoms with Crippen LogP contribution in [0.15, 0.2) is 10.9 Å². The van der Waals surface area contributed by atoms with Crippen molar-refractivity contribution in [3.63, 3.8) is 0 Å². The zero-order valence-electron chi connectivity index (χ0n) is 7.54. The summed E-state index contributed by atoms with van der Waals surface area (Å²) in [5.41, 5.74) is 5.81. The number of ether oxygens (including phenoxy) is 1. The van der Waals surface area contributed by atoms with Crippen LogP contribution < -0.4 is 11.3 Å². The molecule has 1 rings (SSSR count). The van der Waals surface area contributed by atoms with Gasteiger partial charge in [-0.3, -0.25) is 4.79 Å². The van der Waals surface area contributed by atoms with E-state index in [4.69, 9.17) is 10.5 Å². The van der Waals surface area contributed by atoms with Crippen molar-refractivity contribution >= 4 is 0 Å². The minimum atomic E-state index is -0.165. The molecule has 0 amide bonds. The van der Waals surface area contributed by atoms with Gasteiger partial charge in [0.25, 0.3) is 5.56 Å². The second-order valence-electron chi connectivity index (χ2n) is 2.63. The highest BCUT2D eigenvalue weighted by Crippen LogP contribution is 1.92. The van der Waals surface area contributed by atoms with Crippen molar-refractivity contribution in [2.45, 2.75) is 13.0 Å². The molecule has 0 radical (unpaired) electrons. The van der Waals surface area contributed by atoms with Crippen molar-refractivity contribution in [2.75, 3.05) is 13.7 Å². The molecule has 3 N–H and O–H groups in total. The van der Waals surface area contributed by atoms with Crippen molar-refractivity contribution in [1.82, 2.24) is 9.97 Å². The zero-order chi connectivity index (χ0) is 9.68. The lowest BCUT2D eigenvalue weighted by Crippen LogP contribution is -2.15. The standard InChI is InChI=1S/C8H13N3O2/c1-13-3-2-7-10-6(5-9)4-8(12)11-7/h4H,2-3,5,9H2,1H3,(H,10,11,12). The van der Waals surface area contributed by atoms with E-state index in [9.17, 15) is 4.79 Å². The second kappa shape index (κ2) is 4.74. The minimum Gasteiger partial charge on any atom is -0.384 e. The molecule has 13 heavy (non-hydrogen) atoms. The topological polar surface area (TPSA) is 81.0 Å². The SMILES string of the molecule is COCCc1nc(CN)cc(=O)[nH]1. The lowest BCUT2D eigenvalue weighted by atomic mass is 10.3. The summed E-state index contributed by atoms with van der Waals surface area (Å²) in [5, 5.41) is 0. The predicted molar refractivity (Wildman–Crippen MR) is 48.3 cm³/mol. The molecule has 0 fully saturated rings. The molecule has 0 aliphatic rings. The fourth-order valence-electron chi connectivity index (χ4n) is 0.985. The van der Waals surface area contributed by atoms with Crippen LogP contribution in [-0.4, -0.2) is 23.7 Å². The van der Waals surface area contributed by atoms with E-state index in [0.29, 0.717) is 24.5 Å². The number of hydrogen-bond acceptors (Lipinski definition) is 4. The Morgan fingerprint density at radius 3 is 3.08 bits per heavy atom. The Kier molecular flexibility index (Phi) is 3.60. The quantitative estimate of drug-likeness (QED) is 0.654. The average Bonchev–Trinajstić information content (AvgIpc) is 2.14. The zero-order valence-corrected chi connectivity index (χ0v) is 7.54. The van der Waals surface area contributed by atoms with Crippen molar-refractivity contribution in [3.05, 3.63) is 27.9 Å². The molecule has 72 valence electrons. The van der Waals surface area contributed by atoms with Crippen LogP contribution in [0, 0.1) is 0 Å². The van der Waals surface area contributed by atoms with Gasteiger partial charge in [0.15, 0.2) is 0 Å². The highest BCUT2D eigenvalue weighted by atomic mass is 16.5. The van der Waals surface area contributed by atoms with Crippen LogP contribution in [-0.2, 0) is 17.7 Å². The third-order valence-corrected chi connectivity index (χ3v) is 1.60. The Bertz CT molecular complexity index is 321. The van der Waals surface area contributed by atoms with Gasteiger partial charge in [-0.25, -0.2) is 4.98 Å². The summed E-state index contributed by atoms with van der Waals surface area (Å²) >= 11 is 0. The summed E-state index contributed by atoms with van der Waals surface area (Å²) in [6, 6.07) is 1.40. The van der Waals surface area contributed by atoms with Crippen LogP contribution in [0.25, 0.3) is 0 Å². The van der Waals surface area contributed by atoms with Crippen LogP contribution in [0.5, 0.6) is 0 Å². The first-order valence-electron chi connectivity index (χ1n) is 4.04. The molecule has 0 bridgehead atoms. The van der Waals surface area contributed by atoms with Crippen LogP contribution >= 0.6 is 0 Å². The molecular weight excluding hydrogens is 170 g/mol. The minimum absolute atomic E-state index is 0.165. The van der Waals surface area contributed by atoms with Gasteiger partial charge < -0.3 is 15.5 Å². The molecule has 0 aromatic carbocycles. The highest BCUT2D eigenvalue weighted by Gasteiger charge is 1.99. The summed E-state index contributed by atoms with van der Waals surface area (Å²) in [4.78, 5) is 17.8. The van der Waals surface area contributed by atoms with Crippen molar-refractivity contribution < 1.29 is 4.74 Å². The van der Waals surface area contributed by atoms with E-state index in [1.165, 1.54) is 6.07 Å². The molecule has 0 atom stereocenters. The number of rotatable bonds is 4. The first kappa shape index (κ1) is 9.88. The molecule has 0 aliphatic carbocycles. The van der Waals surface area contributed by atoms with Gasteiger partial charge in [-0.05, 0) is 0 Å². The molecule has 0 unspecified atom stereocenters. The smallest absolute Gasteiger partial charge is 0.251 e. The predicted octanol–water partition coefficient (Wildman–Crippen LogP) is -0.582. The number of methoxy groups -OCH3 is 1. The maximum Gasteiger partial charge on any atom is 0.251 e. The Hall–Kier alpha value is -1.20. The summed E-state index contributed by atoms with van der Waals surface area (Å²) in [6.07, 6.45) is 0.597. The van der Waals surface area contributed by atoms with Crippen LogP contribution in [0.3, 0.4) is 0 Å². The number of H-pyrrole nitrogens is 1. The number of hydrogen-bond donors (Lipinski definition) is 2. The lowest BCUT2D eigenvalue weighted by molar-refractivity contribution is 0.200. The van der Waals surface area contributed by atoms with Crippen LogP contribution in [0.2, 0.25) is 0 Å². The van der Waals surface area contributed by atoms with E-state index >= 15 is 0 Å². The molecule has 0 saturated carbocycles. The number of aromatic amines is 1. The van der Waals surface area contributed by atoms with E-state index in [0.717, 1.165) is 0 Å². The van der Waals surface area contributed by atoms with Crippen molar-refractivity contribution in [3.8, 4) is 0 Å². The molecule has 1 heterocycles. The maximum atomic E-state index is 11.0. The van der Waals surface area contributed by atoms with Gasteiger partial charge in [0.1, 0.15) is 5.82 Å². The van der Waals surface area contributed by atoms with Gasteiger partial charge in [-0.15, -0.1) is 0 Å². The molecular formula is C8H13N3O2. The van der Waals surface area contributed by atoms with Gasteiger partial charge in [0, 0.05) is 26.1 Å². The molecule has 5 heteroatoms. The first-order valence-corrected chi connectivity index (χ1v) is 4.04. The summed E-state index contributed by atoms with van der Waals surface area (Å²) in [7, 11) is 1.60. The van der Waals surface area contributed by atoms with Gasteiger partial charge in [0.2, 0.25) is 0 Å². The molecule has 5 nitrogen and oxygen atoms in total. The van der Waals surface area contributed by atoms with Gasteiger partial charge >= 0.3 is 0 Å². The van der Waals surface area contributed by atoms with E-state index in [-0.39, 0.29) is 12.1 Å². The first-order chi connectivity index (χ1) is 6.26. The third kappa shape index (κ3) is 2.96. The normalized spacial score (nSPS) is 10.3. The fourth-order valence-corrected chi connectivity index (χ4v) is 0.985. The maximum absolute atomic E-state index is 11.0. The highest BCUT2D eigenvalue weighted by molar-refractivity contribution is 5.02. The van der Waals surface area contributed by atoms with E-state index in [1.807, 2.05) is 0 Å². The fraction of sp³-hybridized carbons (Fsp3) is 0.500. The Morgan fingerprint density at radius 2 is 2.46 bits per heavy atom. The number of nitrogens with two attached hydrogens (primary N) is 1. The molecule has 0 saturated heterocycles. The van der Waals surface area contributed by atoms with E-state index in [1.54, 1.807) is 7.11 Å². The van der Waals surface area contributed by atoms with E-state index in [2.05, 4.69) is 9.97 Å². The third-order valence-electron chi connectivity index (χ3n) is 1.60. The van der Waals surface area contributed by atoms with Gasteiger partial charge in [0.05, 0.1) is 12.3 Å². The summed E-state index contributed by atoms with van der Waals surface area (Å²) in [5.74, 6) is 0.620.